The smallest absolute Gasteiger partial charge is 0.334 e. The minimum Gasteiger partial charge on any atom is -0.489 e. The van der Waals surface area contributed by atoms with Gasteiger partial charge in [-0.1, -0.05) is 30.3 Å². The van der Waals surface area contributed by atoms with E-state index in [4.69, 9.17) is 14.6 Å². The van der Waals surface area contributed by atoms with Crippen molar-refractivity contribution >= 4 is 11.9 Å². The number of aliphatic carboxylic acids is 1. The molecule has 3 rings (SSSR count). The Hall–Kier alpha value is -2.86. The van der Waals surface area contributed by atoms with Gasteiger partial charge in [0.05, 0.1) is 13.2 Å². The lowest BCUT2D eigenvalue weighted by Crippen LogP contribution is -2.48. The lowest BCUT2D eigenvalue weighted by atomic mass is 10.1. The number of carbonyl (C=O) groups excluding carboxylic acids is 1. The summed E-state index contributed by atoms with van der Waals surface area (Å²) in [6, 6.07) is 16.6. The molecule has 1 N–H and O–H groups in total. The fourth-order valence-electron chi connectivity index (χ4n) is 2.59. The average Bonchev–Trinajstić information content (AvgIpc) is 2.67. The number of nitrogens with zero attached hydrogens (tertiary/aromatic N) is 1. The lowest BCUT2D eigenvalue weighted by Gasteiger charge is -2.30. The molecule has 0 spiro atoms. The van der Waals surface area contributed by atoms with E-state index >= 15 is 0 Å². The van der Waals surface area contributed by atoms with Crippen LogP contribution in [0.5, 0.6) is 5.75 Å². The molecule has 6 nitrogen and oxygen atoms in total. The Balaban J connectivity index is 1.59. The molecular weight excluding hydrogens is 322 g/mol. The van der Waals surface area contributed by atoms with Crippen molar-refractivity contribution < 1.29 is 24.2 Å². The Labute approximate surface area is 145 Å². The van der Waals surface area contributed by atoms with Crippen LogP contribution in [0.15, 0.2) is 54.6 Å². The molecule has 0 radical (unpaired) electrons. The highest BCUT2D eigenvalue weighted by atomic mass is 16.5. The zero-order chi connectivity index (χ0) is 17.6. The molecule has 1 aliphatic heterocycles. The van der Waals surface area contributed by atoms with Crippen LogP contribution in [0.3, 0.4) is 0 Å². The lowest BCUT2D eigenvalue weighted by molar-refractivity contribution is -0.154. The van der Waals surface area contributed by atoms with Gasteiger partial charge in [0.2, 0.25) is 0 Å². The van der Waals surface area contributed by atoms with Crippen LogP contribution in [-0.2, 0) is 16.1 Å². The fourth-order valence-corrected chi connectivity index (χ4v) is 2.59. The van der Waals surface area contributed by atoms with Gasteiger partial charge in [-0.3, -0.25) is 4.79 Å². The number of benzene rings is 2. The van der Waals surface area contributed by atoms with Gasteiger partial charge < -0.3 is 19.5 Å². The topological polar surface area (TPSA) is 76.1 Å². The molecule has 2 aromatic carbocycles. The molecule has 1 unspecified atom stereocenters. The van der Waals surface area contributed by atoms with Crippen molar-refractivity contribution in [2.75, 3.05) is 19.7 Å². The molecule has 0 saturated carbocycles. The third kappa shape index (κ3) is 4.36. The number of carboxylic acids is 1. The highest BCUT2D eigenvalue weighted by molar-refractivity contribution is 5.94. The van der Waals surface area contributed by atoms with Gasteiger partial charge in [0.25, 0.3) is 5.91 Å². The number of carboxylic acid groups (broad SMARTS) is 1. The van der Waals surface area contributed by atoms with Crippen molar-refractivity contribution in [2.24, 2.45) is 0 Å². The van der Waals surface area contributed by atoms with Crippen molar-refractivity contribution in [3.05, 3.63) is 65.7 Å². The van der Waals surface area contributed by atoms with Crippen LogP contribution >= 0.6 is 0 Å². The summed E-state index contributed by atoms with van der Waals surface area (Å²) in [6.07, 6.45) is -0.962. The van der Waals surface area contributed by atoms with Gasteiger partial charge in [0.15, 0.2) is 6.10 Å². The summed E-state index contributed by atoms with van der Waals surface area (Å²) in [5.74, 6) is -0.452. The van der Waals surface area contributed by atoms with Crippen molar-refractivity contribution in [3.8, 4) is 5.75 Å². The van der Waals surface area contributed by atoms with E-state index in [0.29, 0.717) is 18.7 Å². The van der Waals surface area contributed by atoms with E-state index in [1.807, 2.05) is 42.5 Å². The molecule has 6 heteroatoms. The Kier molecular flexibility index (Phi) is 5.30. The van der Waals surface area contributed by atoms with E-state index in [9.17, 15) is 9.59 Å². The highest BCUT2D eigenvalue weighted by Gasteiger charge is 2.29. The normalized spacial score (nSPS) is 17.1. The summed E-state index contributed by atoms with van der Waals surface area (Å²) in [5.41, 5.74) is 1.47. The van der Waals surface area contributed by atoms with Crippen LogP contribution in [-0.4, -0.2) is 47.7 Å². The molecule has 0 bridgehead atoms. The van der Waals surface area contributed by atoms with Gasteiger partial charge in [0, 0.05) is 12.1 Å². The molecular formula is C19H19NO5. The van der Waals surface area contributed by atoms with Crippen molar-refractivity contribution in [1.82, 2.24) is 4.90 Å². The number of morpholine rings is 1. The summed E-state index contributed by atoms with van der Waals surface area (Å²) in [4.78, 5) is 25.0. The Morgan fingerprint density at radius 1 is 1.12 bits per heavy atom. The Morgan fingerprint density at radius 3 is 2.52 bits per heavy atom. The van der Waals surface area contributed by atoms with Crippen LogP contribution in [0, 0.1) is 0 Å². The maximum Gasteiger partial charge on any atom is 0.334 e. The second-order valence-electron chi connectivity index (χ2n) is 5.75. The molecule has 1 heterocycles. The monoisotopic (exact) mass is 341 g/mol. The zero-order valence-corrected chi connectivity index (χ0v) is 13.6. The van der Waals surface area contributed by atoms with E-state index in [2.05, 4.69) is 0 Å². The predicted octanol–water partition coefficient (Wildman–Crippen LogP) is 2.19. The molecule has 1 atom stereocenters. The molecule has 130 valence electrons. The van der Waals surface area contributed by atoms with Gasteiger partial charge in [-0.25, -0.2) is 4.79 Å². The van der Waals surface area contributed by atoms with Crippen molar-refractivity contribution in [2.45, 2.75) is 12.7 Å². The summed E-state index contributed by atoms with van der Waals surface area (Å²) >= 11 is 0. The van der Waals surface area contributed by atoms with Crippen LogP contribution in [0.2, 0.25) is 0 Å². The average molecular weight is 341 g/mol. The maximum absolute atomic E-state index is 12.5. The zero-order valence-electron chi connectivity index (χ0n) is 13.6. The van der Waals surface area contributed by atoms with E-state index in [1.165, 1.54) is 4.90 Å². The van der Waals surface area contributed by atoms with E-state index < -0.39 is 12.1 Å². The maximum atomic E-state index is 12.5. The second-order valence-corrected chi connectivity index (χ2v) is 5.75. The SMILES string of the molecule is O=C(O)C1CN(C(=O)c2ccc(COc3ccccc3)cc2)CCO1. The number of carbonyl (C=O) groups is 2. The van der Waals surface area contributed by atoms with Crippen LogP contribution in [0.25, 0.3) is 0 Å². The largest absolute Gasteiger partial charge is 0.489 e. The molecule has 1 aliphatic rings. The number of amides is 1. The standard InChI is InChI=1S/C19H19NO5/c21-18(20-10-11-24-17(12-20)19(22)23)15-8-6-14(7-9-15)13-25-16-4-2-1-3-5-16/h1-9,17H,10-13H2,(H,22,23). The van der Waals surface area contributed by atoms with Gasteiger partial charge in [-0.2, -0.15) is 0 Å². The van der Waals surface area contributed by atoms with Gasteiger partial charge in [0.1, 0.15) is 12.4 Å². The fraction of sp³-hybridized carbons (Fsp3) is 0.263. The summed E-state index contributed by atoms with van der Waals surface area (Å²) < 4.78 is 10.8. The summed E-state index contributed by atoms with van der Waals surface area (Å²) in [6.45, 7) is 1.09. The van der Waals surface area contributed by atoms with Crippen LogP contribution in [0.1, 0.15) is 15.9 Å². The molecule has 1 fully saturated rings. The first-order valence-corrected chi connectivity index (χ1v) is 8.04. The third-order valence-corrected chi connectivity index (χ3v) is 3.98. The number of hydrogen-bond donors (Lipinski definition) is 1. The quantitative estimate of drug-likeness (QED) is 0.902. The van der Waals surface area contributed by atoms with Crippen molar-refractivity contribution in [3.63, 3.8) is 0 Å². The second kappa shape index (κ2) is 7.81. The predicted molar refractivity (Wildman–Crippen MR) is 90.5 cm³/mol. The number of ether oxygens (including phenoxy) is 2. The van der Waals surface area contributed by atoms with E-state index in [-0.39, 0.29) is 19.1 Å². The van der Waals surface area contributed by atoms with E-state index in [1.54, 1.807) is 12.1 Å². The summed E-state index contributed by atoms with van der Waals surface area (Å²) in [7, 11) is 0. The van der Waals surface area contributed by atoms with E-state index in [0.717, 1.165) is 11.3 Å². The first-order chi connectivity index (χ1) is 12.1. The minimum absolute atomic E-state index is 0.0625. The molecule has 25 heavy (non-hydrogen) atoms. The highest BCUT2D eigenvalue weighted by Crippen LogP contribution is 2.14. The first kappa shape index (κ1) is 17.0. The van der Waals surface area contributed by atoms with Crippen molar-refractivity contribution in [1.29, 1.82) is 0 Å². The number of rotatable bonds is 5. The first-order valence-electron chi connectivity index (χ1n) is 8.04. The van der Waals surface area contributed by atoms with Gasteiger partial charge in [-0.15, -0.1) is 0 Å². The Bertz CT molecular complexity index is 729. The molecule has 1 saturated heterocycles. The molecule has 1 amide bonds. The van der Waals surface area contributed by atoms with Gasteiger partial charge >= 0.3 is 5.97 Å². The van der Waals surface area contributed by atoms with Crippen LogP contribution < -0.4 is 4.74 Å². The number of para-hydroxylation sites is 1. The molecule has 2 aromatic rings. The van der Waals surface area contributed by atoms with Gasteiger partial charge in [-0.05, 0) is 29.8 Å². The summed E-state index contributed by atoms with van der Waals surface area (Å²) in [5, 5.41) is 9.02. The molecule has 0 aromatic heterocycles. The Morgan fingerprint density at radius 2 is 1.84 bits per heavy atom. The van der Waals surface area contributed by atoms with Crippen LogP contribution in [0.4, 0.5) is 0 Å². The minimum atomic E-state index is -1.05. The third-order valence-electron chi connectivity index (χ3n) is 3.98. The molecule has 0 aliphatic carbocycles. The number of hydrogen-bond acceptors (Lipinski definition) is 4.